The van der Waals surface area contributed by atoms with Crippen LogP contribution in [0.3, 0.4) is 0 Å². The maximum absolute atomic E-state index is 10.9. The molecular formula is C10H14O4. The second-order valence-electron chi connectivity index (χ2n) is 2.41. The van der Waals surface area contributed by atoms with E-state index >= 15 is 0 Å². The lowest BCUT2D eigenvalue weighted by Crippen LogP contribution is -2.00. The Morgan fingerprint density at radius 1 is 1.14 bits per heavy atom. The van der Waals surface area contributed by atoms with Crippen LogP contribution < -0.4 is 0 Å². The number of esters is 2. The molecule has 0 saturated heterocycles. The van der Waals surface area contributed by atoms with E-state index in [0.29, 0.717) is 6.61 Å². The molecule has 4 heteroatoms. The van der Waals surface area contributed by atoms with Gasteiger partial charge < -0.3 is 9.47 Å². The molecule has 0 spiro atoms. The van der Waals surface area contributed by atoms with Crippen molar-refractivity contribution < 1.29 is 19.1 Å². The summed E-state index contributed by atoms with van der Waals surface area (Å²) < 4.78 is 9.10. The van der Waals surface area contributed by atoms with Gasteiger partial charge in [-0.2, -0.15) is 0 Å². The van der Waals surface area contributed by atoms with Crippen molar-refractivity contribution in [1.29, 1.82) is 0 Å². The number of hydrogen-bond donors (Lipinski definition) is 0. The van der Waals surface area contributed by atoms with Gasteiger partial charge in [0.2, 0.25) is 0 Å². The Labute approximate surface area is 83.2 Å². The number of rotatable bonds is 5. The molecule has 0 aromatic heterocycles. The molecule has 0 amide bonds. The summed E-state index contributed by atoms with van der Waals surface area (Å²) in [7, 11) is 1.28. The van der Waals surface area contributed by atoms with Crippen molar-refractivity contribution >= 4 is 11.9 Å². The Morgan fingerprint density at radius 3 is 2.21 bits per heavy atom. The molecule has 14 heavy (non-hydrogen) atoms. The van der Waals surface area contributed by atoms with Gasteiger partial charge in [0.25, 0.3) is 0 Å². The van der Waals surface area contributed by atoms with Gasteiger partial charge in [-0.25, -0.2) is 9.59 Å². The summed E-state index contributed by atoms with van der Waals surface area (Å²) in [6, 6.07) is 0. The zero-order chi connectivity index (χ0) is 10.8. The number of ether oxygens (including phenoxy) is 2. The molecule has 0 heterocycles. The summed E-state index contributed by atoms with van der Waals surface area (Å²) in [4.78, 5) is 21.4. The van der Waals surface area contributed by atoms with Crippen molar-refractivity contribution in [2.75, 3.05) is 13.7 Å². The summed E-state index contributed by atoms with van der Waals surface area (Å²) in [6.45, 7) is 2.32. The number of methoxy groups -OCH3 is 1. The molecule has 4 nitrogen and oxygen atoms in total. The first-order valence-corrected chi connectivity index (χ1v) is 4.30. The van der Waals surface area contributed by atoms with Gasteiger partial charge in [-0.3, -0.25) is 0 Å². The standard InChI is InChI=1S/C10H14O4/c1-3-8-14-10(12)7-5-4-6-9(11)13-2/h4-7H,3,8H2,1-2H3. The third kappa shape index (κ3) is 7.09. The molecule has 0 aromatic rings. The molecule has 0 saturated carbocycles. The maximum Gasteiger partial charge on any atom is 0.330 e. The van der Waals surface area contributed by atoms with Gasteiger partial charge >= 0.3 is 11.9 Å². The average molecular weight is 198 g/mol. The molecule has 0 N–H and O–H groups in total. The van der Waals surface area contributed by atoms with E-state index in [0.717, 1.165) is 6.42 Å². The molecule has 0 aromatic carbocycles. The van der Waals surface area contributed by atoms with E-state index < -0.39 is 11.9 Å². The molecule has 0 unspecified atom stereocenters. The molecule has 0 aliphatic heterocycles. The van der Waals surface area contributed by atoms with Crippen LogP contribution in [0.25, 0.3) is 0 Å². The smallest absolute Gasteiger partial charge is 0.330 e. The van der Waals surface area contributed by atoms with Crippen molar-refractivity contribution in [2.45, 2.75) is 13.3 Å². The minimum atomic E-state index is -0.462. The van der Waals surface area contributed by atoms with E-state index in [1.54, 1.807) is 0 Å². The minimum Gasteiger partial charge on any atom is -0.466 e. The van der Waals surface area contributed by atoms with Crippen molar-refractivity contribution in [1.82, 2.24) is 0 Å². The lowest BCUT2D eigenvalue weighted by atomic mass is 10.4. The van der Waals surface area contributed by atoms with Gasteiger partial charge in [0.1, 0.15) is 0 Å². The van der Waals surface area contributed by atoms with Crippen LogP contribution in [-0.2, 0) is 19.1 Å². The number of carbonyl (C=O) groups excluding carboxylic acids is 2. The second-order valence-corrected chi connectivity index (χ2v) is 2.41. The molecule has 0 radical (unpaired) electrons. The third-order valence-corrected chi connectivity index (χ3v) is 1.23. The maximum atomic E-state index is 10.9. The van der Waals surface area contributed by atoms with Gasteiger partial charge in [0, 0.05) is 12.2 Å². The van der Waals surface area contributed by atoms with Crippen LogP contribution in [0.15, 0.2) is 24.3 Å². The predicted octanol–water partition coefficient (Wildman–Crippen LogP) is 1.22. The SMILES string of the molecule is CCCOC(=O)C=CC=CC(=O)OC. The summed E-state index contributed by atoms with van der Waals surface area (Å²) in [5.74, 6) is -0.877. The molecule has 0 rings (SSSR count). The molecule has 0 atom stereocenters. The summed E-state index contributed by atoms with van der Waals surface area (Å²) >= 11 is 0. The van der Waals surface area contributed by atoms with Crippen LogP contribution in [0.2, 0.25) is 0 Å². The highest BCUT2D eigenvalue weighted by molar-refractivity contribution is 5.84. The number of allylic oxidation sites excluding steroid dienone is 2. The van der Waals surface area contributed by atoms with Crippen molar-refractivity contribution in [3.05, 3.63) is 24.3 Å². The van der Waals surface area contributed by atoms with Gasteiger partial charge in [0.15, 0.2) is 0 Å². The van der Waals surface area contributed by atoms with Crippen molar-refractivity contribution in [3.8, 4) is 0 Å². The molecule has 78 valence electrons. The summed E-state index contributed by atoms with van der Waals surface area (Å²) in [6.07, 6.45) is 6.09. The van der Waals surface area contributed by atoms with Gasteiger partial charge in [-0.15, -0.1) is 0 Å². The van der Waals surface area contributed by atoms with E-state index in [2.05, 4.69) is 4.74 Å². The Morgan fingerprint density at radius 2 is 1.71 bits per heavy atom. The molecule has 0 bridgehead atoms. The fourth-order valence-corrected chi connectivity index (χ4v) is 0.587. The van der Waals surface area contributed by atoms with E-state index in [-0.39, 0.29) is 0 Å². The fourth-order valence-electron chi connectivity index (χ4n) is 0.587. The molecule has 0 aliphatic carbocycles. The lowest BCUT2D eigenvalue weighted by molar-refractivity contribution is -0.138. The summed E-state index contributed by atoms with van der Waals surface area (Å²) in [5.41, 5.74) is 0. The van der Waals surface area contributed by atoms with Crippen LogP contribution in [0.1, 0.15) is 13.3 Å². The normalized spacial score (nSPS) is 10.7. The van der Waals surface area contributed by atoms with E-state index in [4.69, 9.17) is 4.74 Å². The Bertz CT molecular complexity index is 241. The average Bonchev–Trinajstić information content (AvgIpc) is 2.21. The second kappa shape index (κ2) is 8.04. The van der Waals surface area contributed by atoms with Crippen LogP contribution in [0.5, 0.6) is 0 Å². The zero-order valence-electron chi connectivity index (χ0n) is 8.36. The highest BCUT2D eigenvalue weighted by Crippen LogP contribution is 1.86. The lowest BCUT2D eigenvalue weighted by Gasteiger charge is -1.95. The van der Waals surface area contributed by atoms with E-state index in [1.807, 2.05) is 6.92 Å². The predicted molar refractivity (Wildman–Crippen MR) is 51.5 cm³/mol. The van der Waals surface area contributed by atoms with Crippen LogP contribution in [0, 0.1) is 0 Å². The fraction of sp³-hybridized carbons (Fsp3) is 0.400. The number of hydrogen-bond acceptors (Lipinski definition) is 4. The minimum absolute atomic E-state index is 0.407. The zero-order valence-corrected chi connectivity index (χ0v) is 8.36. The highest BCUT2D eigenvalue weighted by Gasteiger charge is 1.92. The quantitative estimate of drug-likeness (QED) is 0.378. The molecular weight excluding hydrogens is 184 g/mol. The topological polar surface area (TPSA) is 52.6 Å². The van der Waals surface area contributed by atoms with Crippen LogP contribution >= 0.6 is 0 Å². The number of carbonyl (C=O) groups is 2. The Balaban J connectivity index is 3.76. The highest BCUT2D eigenvalue weighted by atomic mass is 16.5. The van der Waals surface area contributed by atoms with Crippen molar-refractivity contribution in [2.24, 2.45) is 0 Å². The molecule has 0 fully saturated rings. The molecule has 0 aliphatic rings. The third-order valence-electron chi connectivity index (χ3n) is 1.23. The van der Waals surface area contributed by atoms with Gasteiger partial charge in [0.05, 0.1) is 13.7 Å². The van der Waals surface area contributed by atoms with E-state index in [1.165, 1.54) is 31.4 Å². The largest absolute Gasteiger partial charge is 0.466 e. The first-order chi connectivity index (χ1) is 6.70. The Hall–Kier alpha value is -1.58. The van der Waals surface area contributed by atoms with Crippen molar-refractivity contribution in [3.63, 3.8) is 0 Å². The van der Waals surface area contributed by atoms with E-state index in [9.17, 15) is 9.59 Å². The monoisotopic (exact) mass is 198 g/mol. The first kappa shape index (κ1) is 12.4. The first-order valence-electron chi connectivity index (χ1n) is 4.30. The van der Waals surface area contributed by atoms with Gasteiger partial charge in [-0.05, 0) is 6.42 Å². The Kier molecular flexibility index (Phi) is 7.13. The summed E-state index contributed by atoms with van der Waals surface area (Å²) in [5, 5.41) is 0. The van der Waals surface area contributed by atoms with Crippen LogP contribution in [0.4, 0.5) is 0 Å². The van der Waals surface area contributed by atoms with Crippen LogP contribution in [-0.4, -0.2) is 25.7 Å². The van der Waals surface area contributed by atoms with Gasteiger partial charge in [-0.1, -0.05) is 19.1 Å².